The molecule has 1 amide bonds. The summed E-state index contributed by atoms with van der Waals surface area (Å²) in [6, 6.07) is 3.44. The normalized spacial score (nSPS) is 27.2. The standard InChI is InChI=1S/C15H20FN3O/c1-11-9-18-7-3-2-4-13(18)10-19(11)15(20)12-5-6-14(16)17-8-12/h5-6,8,11,13H,2-4,7,9-10H2,1H3. The SMILES string of the molecule is CC1CN2CCCCC2CN1C(=O)c1ccc(F)nc1. The van der Waals surface area contributed by atoms with E-state index < -0.39 is 5.95 Å². The molecule has 20 heavy (non-hydrogen) atoms. The van der Waals surface area contributed by atoms with Crippen LogP contribution in [-0.4, -0.2) is 52.4 Å². The number of carbonyl (C=O) groups excluding carboxylic acids is 1. The Kier molecular flexibility index (Phi) is 3.70. The summed E-state index contributed by atoms with van der Waals surface area (Å²) >= 11 is 0. The summed E-state index contributed by atoms with van der Waals surface area (Å²) in [5, 5.41) is 0. The van der Waals surface area contributed by atoms with E-state index in [2.05, 4.69) is 16.8 Å². The van der Waals surface area contributed by atoms with Crippen LogP contribution < -0.4 is 0 Å². The second-order valence-corrected chi connectivity index (χ2v) is 5.82. The summed E-state index contributed by atoms with van der Waals surface area (Å²) in [6.45, 7) is 4.94. The molecule has 2 aliphatic heterocycles. The van der Waals surface area contributed by atoms with Crippen molar-refractivity contribution < 1.29 is 9.18 Å². The molecule has 0 aromatic carbocycles. The molecule has 0 spiro atoms. The van der Waals surface area contributed by atoms with Crippen molar-refractivity contribution in [2.24, 2.45) is 0 Å². The number of hydrogen-bond acceptors (Lipinski definition) is 3. The van der Waals surface area contributed by atoms with E-state index in [-0.39, 0.29) is 11.9 Å². The monoisotopic (exact) mass is 277 g/mol. The molecule has 108 valence electrons. The molecule has 0 radical (unpaired) electrons. The smallest absolute Gasteiger partial charge is 0.255 e. The maximum absolute atomic E-state index is 12.8. The minimum Gasteiger partial charge on any atom is -0.333 e. The minimum absolute atomic E-state index is 0.0322. The molecule has 2 fully saturated rings. The first-order valence-corrected chi connectivity index (χ1v) is 7.32. The maximum Gasteiger partial charge on any atom is 0.255 e. The van der Waals surface area contributed by atoms with Gasteiger partial charge in [-0.15, -0.1) is 0 Å². The number of piperazine rings is 1. The van der Waals surface area contributed by atoms with Gasteiger partial charge in [-0.05, 0) is 38.4 Å². The molecule has 1 aromatic heterocycles. The van der Waals surface area contributed by atoms with Gasteiger partial charge in [-0.25, -0.2) is 4.98 Å². The van der Waals surface area contributed by atoms with Crippen molar-refractivity contribution in [3.63, 3.8) is 0 Å². The second-order valence-electron chi connectivity index (χ2n) is 5.82. The minimum atomic E-state index is -0.549. The lowest BCUT2D eigenvalue weighted by molar-refractivity contribution is 0.0151. The highest BCUT2D eigenvalue weighted by Gasteiger charge is 2.35. The van der Waals surface area contributed by atoms with Gasteiger partial charge in [-0.2, -0.15) is 4.39 Å². The summed E-state index contributed by atoms with van der Waals surface area (Å²) in [7, 11) is 0. The van der Waals surface area contributed by atoms with Crippen molar-refractivity contribution in [1.82, 2.24) is 14.8 Å². The molecule has 4 nitrogen and oxygen atoms in total. The number of amides is 1. The van der Waals surface area contributed by atoms with Crippen LogP contribution in [0, 0.1) is 5.95 Å². The Hall–Kier alpha value is -1.49. The third-order valence-electron chi connectivity index (χ3n) is 4.42. The number of pyridine rings is 1. The molecule has 3 heterocycles. The molecule has 0 aliphatic carbocycles. The average molecular weight is 277 g/mol. The van der Waals surface area contributed by atoms with Crippen molar-refractivity contribution in [2.45, 2.75) is 38.3 Å². The van der Waals surface area contributed by atoms with Crippen molar-refractivity contribution in [3.05, 3.63) is 29.8 Å². The van der Waals surface area contributed by atoms with Gasteiger partial charge in [0, 0.05) is 31.4 Å². The van der Waals surface area contributed by atoms with E-state index in [9.17, 15) is 9.18 Å². The van der Waals surface area contributed by atoms with Gasteiger partial charge in [0.1, 0.15) is 0 Å². The van der Waals surface area contributed by atoms with Crippen molar-refractivity contribution >= 4 is 5.91 Å². The Morgan fingerprint density at radius 2 is 2.20 bits per heavy atom. The van der Waals surface area contributed by atoms with E-state index in [1.807, 2.05) is 4.90 Å². The number of halogens is 1. The van der Waals surface area contributed by atoms with E-state index in [4.69, 9.17) is 0 Å². The Bertz CT molecular complexity index is 490. The summed E-state index contributed by atoms with van der Waals surface area (Å²) < 4.78 is 12.8. The number of rotatable bonds is 1. The Morgan fingerprint density at radius 1 is 1.35 bits per heavy atom. The lowest BCUT2D eigenvalue weighted by Gasteiger charge is -2.47. The molecular formula is C15H20FN3O. The predicted octanol–water partition coefficient (Wildman–Crippen LogP) is 1.92. The third kappa shape index (κ3) is 2.54. The molecule has 2 unspecified atom stereocenters. The molecule has 0 bridgehead atoms. The molecule has 0 N–H and O–H groups in total. The summed E-state index contributed by atoms with van der Waals surface area (Å²) in [5.41, 5.74) is 0.475. The number of carbonyl (C=O) groups is 1. The van der Waals surface area contributed by atoms with Crippen molar-refractivity contribution in [3.8, 4) is 0 Å². The molecular weight excluding hydrogens is 257 g/mol. The highest BCUT2D eigenvalue weighted by Crippen LogP contribution is 2.25. The summed E-state index contributed by atoms with van der Waals surface area (Å²) in [4.78, 5) is 20.5. The predicted molar refractivity (Wildman–Crippen MR) is 73.9 cm³/mol. The number of aromatic nitrogens is 1. The van der Waals surface area contributed by atoms with Crippen molar-refractivity contribution in [2.75, 3.05) is 19.6 Å². The maximum atomic E-state index is 12.8. The quantitative estimate of drug-likeness (QED) is 0.736. The van der Waals surface area contributed by atoms with Crippen LogP contribution in [0.5, 0.6) is 0 Å². The Labute approximate surface area is 118 Å². The van der Waals surface area contributed by atoms with Crippen LogP contribution in [0.4, 0.5) is 4.39 Å². The second kappa shape index (κ2) is 5.48. The number of fused-ring (bicyclic) bond motifs is 1. The molecule has 3 rings (SSSR count). The van der Waals surface area contributed by atoms with Crippen LogP contribution in [0.2, 0.25) is 0 Å². The Morgan fingerprint density at radius 3 is 2.95 bits per heavy atom. The van der Waals surface area contributed by atoms with Crippen LogP contribution in [0.1, 0.15) is 36.5 Å². The average Bonchev–Trinajstić information content (AvgIpc) is 2.46. The van der Waals surface area contributed by atoms with Gasteiger partial charge in [0.05, 0.1) is 5.56 Å². The number of nitrogens with zero attached hydrogens (tertiary/aromatic N) is 3. The fourth-order valence-corrected chi connectivity index (χ4v) is 3.30. The first-order valence-electron chi connectivity index (χ1n) is 7.32. The molecule has 0 saturated carbocycles. The first-order chi connectivity index (χ1) is 9.65. The van der Waals surface area contributed by atoms with E-state index in [0.29, 0.717) is 11.6 Å². The van der Waals surface area contributed by atoms with Gasteiger partial charge < -0.3 is 4.90 Å². The topological polar surface area (TPSA) is 36.4 Å². The first kappa shape index (κ1) is 13.5. The largest absolute Gasteiger partial charge is 0.333 e. The van der Waals surface area contributed by atoms with Gasteiger partial charge in [0.2, 0.25) is 5.95 Å². The van der Waals surface area contributed by atoms with Gasteiger partial charge >= 0.3 is 0 Å². The Balaban J connectivity index is 1.75. The van der Waals surface area contributed by atoms with E-state index >= 15 is 0 Å². The van der Waals surface area contributed by atoms with Crippen LogP contribution in [-0.2, 0) is 0 Å². The molecule has 2 aliphatic rings. The molecule has 2 atom stereocenters. The van der Waals surface area contributed by atoms with Gasteiger partial charge in [0.25, 0.3) is 5.91 Å². The number of hydrogen-bond donors (Lipinski definition) is 0. The zero-order valence-electron chi connectivity index (χ0n) is 11.8. The van der Waals surface area contributed by atoms with Gasteiger partial charge in [-0.3, -0.25) is 9.69 Å². The zero-order valence-corrected chi connectivity index (χ0v) is 11.8. The van der Waals surface area contributed by atoms with Crippen LogP contribution in [0.3, 0.4) is 0 Å². The van der Waals surface area contributed by atoms with Crippen LogP contribution in [0.25, 0.3) is 0 Å². The highest BCUT2D eigenvalue weighted by atomic mass is 19.1. The van der Waals surface area contributed by atoms with Crippen molar-refractivity contribution in [1.29, 1.82) is 0 Å². The third-order valence-corrected chi connectivity index (χ3v) is 4.42. The zero-order chi connectivity index (χ0) is 14.1. The highest BCUT2D eigenvalue weighted by molar-refractivity contribution is 5.94. The molecule has 1 aromatic rings. The van der Waals surface area contributed by atoms with E-state index in [0.717, 1.165) is 26.1 Å². The van der Waals surface area contributed by atoms with Crippen LogP contribution in [0.15, 0.2) is 18.3 Å². The molecule has 5 heteroatoms. The lowest BCUT2D eigenvalue weighted by Crippen LogP contribution is -2.60. The van der Waals surface area contributed by atoms with Gasteiger partial charge in [-0.1, -0.05) is 6.42 Å². The van der Waals surface area contributed by atoms with Crippen LogP contribution >= 0.6 is 0 Å². The number of piperidine rings is 1. The fraction of sp³-hybridized carbons (Fsp3) is 0.600. The van der Waals surface area contributed by atoms with Gasteiger partial charge in [0.15, 0.2) is 0 Å². The summed E-state index contributed by atoms with van der Waals surface area (Å²) in [6.07, 6.45) is 5.00. The summed E-state index contributed by atoms with van der Waals surface area (Å²) in [5.74, 6) is -0.582. The molecule has 2 saturated heterocycles. The van der Waals surface area contributed by atoms with E-state index in [1.165, 1.54) is 31.2 Å². The van der Waals surface area contributed by atoms with E-state index in [1.54, 1.807) is 0 Å². The fourth-order valence-electron chi connectivity index (χ4n) is 3.30. The lowest BCUT2D eigenvalue weighted by atomic mass is 9.96.